The Kier molecular flexibility index (Phi) is 6.12. The van der Waals surface area contributed by atoms with Crippen LogP contribution in [0.1, 0.15) is 24.2 Å². The third kappa shape index (κ3) is 4.26. The summed E-state index contributed by atoms with van der Waals surface area (Å²) in [6.45, 7) is 4.04. The van der Waals surface area contributed by atoms with Crippen LogP contribution in [0.15, 0.2) is 12.1 Å². The summed E-state index contributed by atoms with van der Waals surface area (Å²) in [5.74, 6) is 1.71. The lowest BCUT2D eigenvalue weighted by Crippen LogP contribution is -2.34. The van der Waals surface area contributed by atoms with Crippen molar-refractivity contribution in [1.29, 1.82) is 0 Å². The lowest BCUT2D eigenvalue weighted by molar-refractivity contribution is 0.0944. The molecule has 18 heavy (non-hydrogen) atoms. The van der Waals surface area contributed by atoms with Crippen LogP contribution in [0, 0.1) is 0 Å². The summed E-state index contributed by atoms with van der Waals surface area (Å²) in [5, 5.41) is 3.46. The molecule has 100 valence electrons. The molecule has 0 bridgehead atoms. The average Bonchev–Trinajstić information content (AvgIpc) is 2.32. The summed E-state index contributed by atoms with van der Waals surface area (Å²) in [7, 11) is 0. The maximum atomic E-state index is 12.0. The highest BCUT2D eigenvalue weighted by Gasteiger charge is 2.13. The van der Waals surface area contributed by atoms with E-state index in [-0.39, 0.29) is 22.0 Å². The number of nitrogens with two attached hydrogens (primary N) is 1. The van der Waals surface area contributed by atoms with Gasteiger partial charge in [-0.05, 0) is 24.8 Å². The van der Waals surface area contributed by atoms with Gasteiger partial charge in [-0.1, -0.05) is 30.1 Å². The number of hydrogen-bond acceptors (Lipinski definition) is 3. The van der Waals surface area contributed by atoms with Crippen LogP contribution < -0.4 is 11.1 Å². The van der Waals surface area contributed by atoms with E-state index >= 15 is 0 Å². The number of amides is 1. The fourth-order valence-electron chi connectivity index (χ4n) is 1.38. The summed E-state index contributed by atoms with van der Waals surface area (Å²) >= 11 is 13.5. The monoisotopic (exact) mass is 306 g/mol. The highest BCUT2D eigenvalue weighted by atomic mass is 35.5. The van der Waals surface area contributed by atoms with Crippen molar-refractivity contribution in [2.45, 2.75) is 19.9 Å². The first kappa shape index (κ1) is 15.5. The number of rotatable bonds is 5. The zero-order valence-electron chi connectivity index (χ0n) is 10.3. The third-order valence-electron chi connectivity index (χ3n) is 2.27. The average molecular weight is 307 g/mol. The number of carbonyl (C=O) groups is 1. The van der Waals surface area contributed by atoms with Crippen LogP contribution in [0.2, 0.25) is 10.0 Å². The van der Waals surface area contributed by atoms with E-state index in [0.717, 1.165) is 11.5 Å². The second kappa shape index (κ2) is 7.12. The molecule has 0 fully saturated rings. The van der Waals surface area contributed by atoms with Gasteiger partial charge in [-0.15, -0.1) is 0 Å². The normalized spacial score (nSPS) is 12.2. The summed E-state index contributed by atoms with van der Waals surface area (Å²) in [6.07, 6.45) is 0. The lowest BCUT2D eigenvalue weighted by atomic mass is 10.2. The maximum absolute atomic E-state index is 12.0. The number of thioether (sulfide) groups is 1. The van der Waals surface area contributed by atoms with Crippen molar-refractivity contribution in [3.63, 3.8) is 0 Å². The van der Waals surface area contributed by atoms with Gasteiger partial charge in [0.15, 0.2) is 0 Å². The number of halogens is 2. The summed E-state index contributed by atoms with van der Waals surface area (Å²) < 4.78 is 0. The van der Waals surface area contributed by atoms with Crippen molar-refractivity contribution in [1.82, 2.24) is 5.32 Å². The molecule has 1 atom stereocenters. The van der Waals surface area contributed by atoms with Crippen molar-refractivity contribution < 1.29 is 4.79 Å². The Morgan fingerprint density at radius 2 is 2.17 bits per heavy atom. The fourth-order valence-corrected chi connectivity index (χ4v) is 2.39. The highest BCUT2D eigenvalue weighted by molar-refractivity contribution is 7.99. The first-order valence-corrected chi connectivity index (χ1v) is 7.49. The quantitative estimate of drug-likeness (QED) is 0.819. The molecule has 6 heteroatoms. The zero-order valence-corrected chi connectivity index (χ0v) is 12.6. The zero-order chi connectivity index (χ0) is 13.7. The smallest absolute Gasteiger partial charge is 0.251 e. The number of hydrogen-bond donors (Lipinski definition) is 2. The molecule has 0 saturated carbocycles. The maximum Gasteiger partial charge on any atom is 0.251 e. The van der Waals surface area contributed by atoms with Crippen molar-refractivity contribution in [2.75, 3.05) is 17.2 Å². The van der Waals surface area contributed by atoms with Gasteiger partial charge in [0.05, 0.1) is 15.7 Å². The Morgan fingerprint density at radius 1 is 1.50 bits per heavy atom. The van der Waals surface area contributed by atoms with Crippen LogP contribution in [0.4, 0.5) is 5.69 Å². The van der Waals surface area contributed by atoms with Gasteiger partial charge in [-0.25, -0.2) is 0 Å². The third-order valence-corrected chi connectivity index (χ3v) is 4.23. The van der Waals surface area contributed by atoms with Gasteiger partial charge in [0.25, 0.3) is 5.91 Å². The largest absolute Gasteiger partial charge is 0.397 e. The van der Waals surface area contributed by atoms with Crippen molar-refractivity contribution in [2.24, 2.45) is 0 Å². The molecular formula is C12H16Cl2N2OS. The molecule has 0 aliphatic carbocycles. The van der Waals surface area contributed by atoms with E-state index in [4.69, 9.17) is 28.9 Å². The SMILES string of the molecule is CCSCC(C)NC(=O)c1cc(N)c(Cl)c(Cl)c1. The van der Waals surface area contributed by atoms with E-state index in [9.17, 15) is 4.79 Å². The minimum absolute atomic E-state index is 0.0955. The Balaban J connectivity index is 2.73. The number of carbonyl (C=O) groups excluding carboxylic acids is 1. The van der Waals surface area contributed by atoms with Crippen LogP contribution in [0.3, 0.4) is 0 Å². The molecule has 0 aliphatic rings. The number of nitrogens with one attached hydrogen (secondary N) is 1. The minimum atomic E-state index is -0.190. The molecule has 1 unspecified atom stereocenters. The van der Waals surface area contributed by atoms with E-state index in [1.165, 1.54) is 12.1 Å². The molecule has 0 aromatic heterocycles. The first-order valence-electron chi connectivity index (χ1n) is 5.58. The Hall–Kier alpha value is -0.580. The van der Waals surface area contributed by atoms with Crippen LogP contribution in [0.5, 0.6) is 0 Å². The van der Waals surface area contributed by atoms with E-state index in [2.05, 4.69) is 12.2 Å². The van der Waals surface area contributed by atoms with Crippen LogP contribution in [-0.4, -0.2) is 23.5 Å². The Labute approximate surface area is 121 Å². The number of benzene rings is 1. The molecule has 0 saturated heterocycles. The molecule has 1 amide bonds. The molecule has 0 aliphatic heterocycles. The lowest BCUT2D eigenvalue weighted by Gasteiger charge is -2.14. The molecule has 0 spiro atoms. The fraction of sp³-hybridized carbons (Fsp3) is 0.417. The molecule has 3 nitrogen and oxygen atoms in total. The molecule has 1 aromatic carbocycles. The van der Waals surface area contributed by atoms with Gasteiger partial charge in [-0.3, -0.25) is 4.79 Å². The molecule has 1 aromatic rings. The standard InChI is InChI=1S/C12H16Cl2N2OS/c1-3-18-6-7(2)16-12(17)8-4-9(13)11(14)10(15)5-8/h4-5,7H,3,6,15H2,1-2H3,(H,16,17). The molecule has 3 N–H and O–H groups in total. The van der Waals surface area contributed by atoms with Gasteiger partial charge in [0.1, 0.15) is 0 Å². The van der Waals surface area contributed by atoms with Crippen LogP contribution >= 0.6 is 35.0 Å². The topological polar surface area (TPSA) is 55.1 Å². The predicted molar refractivity (Wildman–Crippen MR) is 80.8 cm³/mol. The van der Waals surface area contributed by atoms with Gasteiger partial charge >= 0.3 is 0 Å². The predicted octanol–water partition coefficient (Wildman–Crippen LogP) is 3.45. The molecule has 1 rings (SSSR count). The molecular weight excluding hydrogens is 291 g/mol. The van der Waals surface area contributed by atoms with Crippen molar-refractivity contribution in [3.05, 3.63) is 27.7 Å². The minimum Gasteiger partial charge on any atom is -0.397 e. The second-order valence-electron chi connectivity index (χ2n) is 3.90. The Bertz CT molecular complexity index is 417. The van der Waals surface area contributed by atoms with Crippen molar-refractivity contribution >= 4 is 46.6 Å². The van der Waals surface area contributed by atoms with Gasteiger partial charge in [0, 0.05) is 17.4 Å². The summed E-state index contributed by atoms with van der Waals surface area (Å²) in [5.41, 5.74) is 6.41. The number of nitrogen functional groups attached to an aromatic ring is 1. The van der Waals surface area contributed by atoms with Gasteiger partial charge in [-0.2, -0.15) is 11.8 Å². The van der Waals surface area contributed by atoms with E-state index in [1.54, 1.807) is 11.8 Å². The molecule has 0 radical (unpaired) electrons. The van der Waals surface area contributed by atoms with Gasteiger partial charge in [0.2, 0.25) is 0 Å². The molecule has 0 heterocycles. The van der Waals surface area contributed by atoms with Crippen LogP contribution in [-0.2, 0) is 0 Å². The summed E-state index contributed by atoms with van der Waals surface area (Å²) in [6, 6.07) is 3.15. The van der Waals surface area contributed by atoms with E-state index < -0.39 is 0 Å². The van der Waals surface area contributed by atoms with Gasteiger partial charge < -0.3 is 11.1 Å². The highest BCUT2D eigenvalue weighted by Crippen LogP contribution is 2.29. The number of anilines is 1. The second-order valence-corrected chi connectivity index (χ2v) is 6.00. The van der Waals surface area contributed by atoms with Crippen molar-refractivity contribution in [3.8, 4) is 0 Å². The Morgan fingerprint density at radius 3 is 2.72 bits per heavy atom. The summed E-state index contributed by atoms with van der Waals surface area (Å²) in [4.78, 5) is 12.0. The van der Waals surface area contributed by atoms with E-state index in [0.29, 0.717) is 11.3 Å². The first-order chi connectivity index (χ1) is 8.45. The van der Waals surface area contributed by atoms with E-state index in [1.807, 2.05) is 6.92 Å². The van der Waals surface area contributed by atoms with Crippen LogP contribution in [0.25, 0.3) is 0 Å².